The lowest BCUT2D eigenvalue weighted by molar-refractivity contribution is -0.894. The zero-order valence-corrected chi connectivity index (χ0v) is 45.5. The SMILES string of the molecule is CC[NH+](CC)CC.CC[NH+](CC)CC.Nc1ncnc2c1ncn2[C@@H]1O[C@H](COP(=O)([O-])OP(=O)([O-])OC(=O)CCOCCOCCOCCOCCNC(=O)CCCC[C@@H]2SC[C@@H]3NC(=O)N[C@@H]32)C(O)[C@@H]1O. The lowest BCUT2D eigenvalue weighted by Crippen LogP contribution is -3.11. The fourth-order valence-electron chi connectivity index (χ4n) is 7.69. The highest BCUT2D eigenvalue weighted by Gasteiger charge is 2.45. The first-order valence-electron chi connectivity index (χ1n) is 25.0. The maximum absolute atomic E-state index is 12.2. The molecule has 73 heavy (non-hydrogen) atoms. The van der Waals surface area contributed by atoms with E-state index in [9.17, 15) is 43.5 Å². The molecule has 3 saturated heterocycles. The summed E-state index contributed by atoms with van der Waals surface area (Å²) in [6, 6.07) is 0.273. The Bertz CT molecular complexity index is 1990. The van der Waals surface area contributed by atoms with Crippen LogP contribution in [-0.2, 0) is 55.8 Å². The zero-order valence-electron chi connectivity index (χ0n) is 42.9. The molecule has 5 rings (SSSR count). The number of phosphoric ester groups is 2. The number of phosphoric acid groups is 2. The van der Waals surface area contributed by atoms with Gasteiger partial charge >= 0.3 is 19.8 Å². The maximum Gasteiger partial charge on any atom is 0.328 e. The van der Waals surface area contributed by atoms with E-state index in [1.807, 2.05) is 11.8 Å². The third kappa shape index (κ3) is 23.3. The second kappa shape index (κ2) is 34.5. The van der Waals surface area contributed by atoms with Gasteiger partial charge < -0.3 is 84.2 Å². The highest BCUT2D eigenvalue weighted by atomic mass is 32.2. The number of nitrogens with two attached hydrogens (primary N) is 1. The molecule has 0 bridgehead atoms. The second-order valence-corrected chi connectivity index (χ2v) is 21.1. The Morgan fingerprint density at radius 3 is 2.01 bits per heavy atom. The molecule has 30 heteroatoms. The molecule has 0 radical (unpaired) electrons. The first-order chi connectivity index (χ1) is 34.9. The summed E-state index contributed by atoms with van der Waals surface area (Å²) in [5, 5.41) is 30.0. The van der Waals surface area contributed by atoms with Crippen LogP contribution in [0.25, 0.3) is 11.2 Å². The molecule has 2 aromatic heterocycles. The summed E-state index contributed by atoms with van der Waals surface area (Å²) >= 11 is 1.86. The molecule has 3 unspecified atom stereocenters. The molecule has 3 amide bonds. The number of rotatable bonds is 33. The second-order valence-electron chi connectivity index (χ2n) is 16.9. The van der Waals surface area contributed by atoms with E-state index in [2.05, 4.69) is 85.8 Å². The monoisotopic (exact) mass is 1100 g/mol. The van der Waals surface area contributed by atoms with Gasteiger partial charge in [-0.05, 0) is 54.4 Å². The summed E-state index contributed by atoms with van der Waals surface area (Å²) in [6.07, 6.45) is -1.26. The van der Waals surface area contributed by atoms with E-state index in [-0.39, 0.29) is 74.0 Å². The lowest BCUT2D eigenvalue weighted by Gasteiger charge is -2.30. The summed E-state index contributed by atoms with van der Waals surface area (Å²) in [6.45, 7) is 21.7. The van der Waals surface area contributed by atoms with E-state index in [1.54, 1.807) is 9.80 Å². The van der Waals surface area contributed by atoms with Crippen molar-refractivity contribution < 1.29 is 90.4 Å². The summed E-state index contributed by atoms with van der Waals surface area (Å²) in [5.74, 6) is -0.449. The van der Waals surface area contributed by atoms with Crippen LogP contribution in [0.4, 0.5) is 10.6 Å². The Labute approximate surface area is 431 Å². The van der Waals surface area contributed by atoms with Gasteiger partial charge in [-0.1, -0.05) is 6.42 Å². The van der Waals surface area contributed by atoms with E-state index in [0.717, 1.165) is 31.3 Å². The molecule has 9 atom stereocenters. The number of carbonyl (C=O) groups excluding carboxylic acids is 3. The summed E-state index contributed by atoms with van der Waals surface area (Å²) < 4.78 is 65.0. The van der Waals surface area contributed by atoms with Crippen LogP contribution in [0.5, 0.6) is 0 Å². The predicted molar refractivity (Wildman–Crippen MR) is 264 cm³/mol. The number of hydrogen-bond donors (Lipinski definition) is 8. The summed E-state index contributed by atoms with van der Waals surface area (Å²) in [4.78, 5) is 74.9. The number of unbranched alkanes of at least 4 members (excludes halogenated alkanes) is 1. The fraction of sp³-hybridized carbons (Fsp3) is 0.814. The number of aliphatic hydroxyl groups excluding tert-OH is 2. The Kier molecular flexibility index (Phi) is 30.3. The van der Waals surface area contributed by atoms with Gasteiger partial charge in [-0.25, -0.2) is 24.1 Å². The number of nitrogen functional groups attached to an aromatic ring is 1. The summed E-state index contributed by atoms with van der Waals surface area (Å²) in [7, 11) is -11.5. The smallest absolute Gasteiger partial charge is 0.328 e. The van der Waals surface area contributed by atoms with Gasteiger partial charge in [0, 0.05) is 24.0 Å². The summed E-state index contributed by atoms with van der Waals surface area (Å²) in [5.41, 5.74) is 6.08. The van der Waals surface area contributed by atoms with Gasteiger partial charge in [-0.2, -0.15) is 11.8 Å². The van der Waals surface area contributed by atoms with Crippen LogP contribution < -0.4 is 41.3 Å². The van der Waals surface area contributed by atoms with Crippen molar-refractivity contribution in [3.63, 3.8) is 0 Å². The molecule has 2 aromatic rings. The average molecular weight is 1100 g/mol. The van der Waals surface area contributed by atoms with Gasteiger partial charge in [0.1, 0.15) is 30.2 Å². The molecular formula is C43H80N10O17P2S. The molecule has 3 aliphatic rings. The van der Waals surface area contributed by atoms with E-state index < -0.39 is 59.2 Å². The van der Waals surface area contributed by atoms with E-state index in [0.29, 0.717) is 38.0 Å². The van der Waals surface area contributed by atoms with Gasteiger partial charge in [-0.3, -0.25) is 23.3 Å². The number of aliphatic hydroxyl groups is 2. The van der Waals surface area contributed by atoms with Crippen LogP contribution in [0.2, 0.25) is 0 Å². The average Bonchev–Trinajstić information content (AvgIpc) is 4.12. The molecule has 5 heterocycles. The molecule has 0 spiro atoms. The number of anilines is 1. The number of thioether (sulfide) groups is 1. The third-order valence-electron chi connectivity index (χ3n) is 12.0. The van der Waals surface area contributed by atoms with Crippen molar-refractivity contribution in [2.24, 2.45) is 0 Å². The number of urea groups is 1. The van der Waals surface area contributed by atoms with Gasteiger partial charge in [0.05, 0.1) is 124 Å². The number of carbonyl (C=O) groups is 3. The first-order valence-corrected chi connectivity index (χ1v) is 29.0. The molecule has 3 fully saturated rings. The Morgan fingerprint density at radius 2 is 1.42 bits per heavy atom. The molecule has 9 N–H and O–H groups in total. The predicted octanol–water partition coefficient (Wildman–Crippen LogP) is -2.30. The highest BCUT2D eigenvalue weighted by molar-refractivity contribution is 8.00. The fourth-order valence-corrected chi connectivity index (χ4v) is 11.2. The topological polar surface area (TPSA) is 360 Å². The number of nitrogens with zero attached hydrogens (tertiary/aromatic N) is 4. The number of ether oxygens (including phenoxy) is 5. The Balaban J connectivity index is 0.000000878. The molecular weight excluding hydrogens is 1020 g/mol. The van der Waals surface area contributed by atoms with Crippen LogP contribution in [0.3, 0.4) is 0 Å². The molecule has 0 aliphatic carbocycles. The number of quaternary nitrogens is 2. The standard InChI is InChI=1S/C31H50N8O17P2S.2C6H15N/c32-28-25-29(35-17-34-28)39(18-36-25)30-27(43)26(42)20(54-30)15-53-57(45,46)56-58(47,48)55-23(41)5-7-49-9-11-51-13-14-52-12-10-50-8-6-33-22(40)4-2-1-3-21-24-19(16-59-21)37-31(44)38-24;2*1-4-7(5-2)6-3/h17-21,24,26-27,30,42-43H,1-16H2,(H,33,40)(H,45,46)(H,47,48)(H2,32,34,35)(H2,37,38,44);2*4-6H2,1-3H3/t19-,20+,21-,24-,26?,27-,30+;;/m0../s1. The molecule has 420 valence electrons. The van der Waals surface area contributed by atoms with Crippen LogP contribution in [0.15, 0.2) is 12.7 Å². The quantitative estimate of drug-likeness (QED) is 0.0212. The van der Waals surface area contributed by atoms with Crippen LogP contribution >= 0.6 is 27.4 Å². The maximum atomic E-state index is 12.2. The van der Waals surface area contributed by atoms with Crippen molar-refractivity contribution >= 4 is 62.3 Å². The number of hydrogen-bond acceptors (Lipinski definition) is 22. The van der Waals surface area contributed by atoms with E-state index >= 15 is 0 Å². The normalized spacial score (nSPS) is 22.9. The number of aromatic nitrogens is 4. The zero-order chi connectivity index (χ0) is 53.8. The van der Waals surface area contributed by atoms with E-state index in [1.165, 1.54) is 50.2 Å². The van der Waals surface area contributed by atoms with Crippen LogP contribution in [0, 0.1) is 0 Å². The number of imidazole rings is 1. The number of amides is 3. The Hall–Kier alpha value is -3.15. The van der Waals surface area contributed by atoms with Gasteiger partial charge in [-0.15, -0.1) is 0 Å². The van der Waals surface area contributed by atoms with Crippen LogP contribution in [-0.4, -0.2) is 194 Å². The van der Waals surface area contributed by atoms with Crippen molar-refractivity contribution in [1.82, 2.24) is 35.5 Å². The minimum absolute atomic E-state index is 0.0321. The van der Waals surface area contributed by atoms with E-state index in [4.69, 9.17) is 29.4 Å². The highest BCUT2D eigenvalue weighted by Crippen LogP contribution is 2.56. The Morgan fingerprint density at radius 1 is 0.836 bits per heavy atom. The van der Waals surface area contributed by atoms with Gasteiger partial charge in [0.2, 0.25) is 5.91 Å². The third-order valence-corrected chi connectivity index (χ3v) is 16.0. The van der Waals surface area contributed by atoms with Crippen molar-refractivity contribution in [3.8, 4) is 0 Å². The number of fused-ring (bicyclic) bond motifs is 2. The van der Waals surface area contributed by atoms with Crippen molar-refractivity contribution in [1.29, 1.82) is 0 Å². The van der Waals surface area contributed by atoms with Crippen molar-refractivity contribution in [3.05, 3.63) is 12.7 Å². The largest absolute Gasteiger partial charge is 0.756 e. The molecule has 0 saturated carbocycles. The number of nitrogens with one attached hydrogen (secondary N) is 5. The van der Waals surface area contributed by atoms with Gasteiger partial charge in [0.15, 0.2) is 17.7 Å². The van der Waals surface area contributed by atoms with Crippen LogP contribution in [0.1, 0.15) is 79.9 Å². The minimum atomic E-state index is -5.77. The lowest BCUT2D eigenvalue weighted by atomic mass is 10.0. The molecule has 27 nitrogen and oxygen atoms in total. The molecule has 0 aromatic carbocycles. The van der Waals surface area contributed by atoms with Gasteiger partial charge in [0.25, 0.3) is 7.82 Å². The molecule has 3 aliphatic heterocycles. The first kappa shape index (κ1) is 64.1. The minimum Gasteiger partial charge on any atom is -0.756 e. The van der Waals surface area contributed by atoms with Crippen molar-refractivity contribution in [2.45, 2.75) is 116 Å². The van der Waals surface area contributed by atoms with Crippen molar-refractivity contribution in [2.75, 3.05) is 117 Å².